The predicted molar refractivity (Wildman–Crippen MR) is 252 cm³/mol. The molecule has 17 nitrogen and oxygen atoms in total. The Labute approximate surface area is 392 Å². The van der Waals surface area contributed by atoms with Crippen LogP contribution in [0.25, 0.3) is 0 Å². The molecule has 66 heavy (non-hydrogen) atoms. The van der Waals surface area contributed by atoms with Gasteiger partial charge < -0.3 is 49.7 Å². The lowest BCUT2D eigenvalue weighted by molar-refractivity contribution is -0.216. The van der Waals surface area contributed by atoms with E-state index in [9.17, 15) is 58.9 Å². The van der Waals surface area contributed by atoms with E-state index in [1.54, 1.807) is 0 Å². The van der Waals surface area contributed by atoms with Gasteiger partial charge in [-0.1, -0.05) is 145 Å². The summed E-state index contributed by atoms with van der Waals surface area (Å²) in [4.78, 5) is 54.3. The minimum absolute atomic E-state index is 0.0215. The highest BCUT2D eigenvalue weighted by Crippen LogP contribution is 2.49. The van der Waals surface area contributed by atoms with E-state index in [0.717, 1.165) is 70.6 Å². The zero-order valence-corrected chi connectivity index (χ0v) is 41.0. The van der Waals surface area contributed by atoms with Crippen LogP contribution in [-0.4, -0.2) is 114 Å². The van der Waals surface area contributed by atoms with Gasteiger partial charge in [0.15, 0.2) is 6.10 Å². The molecular weight excluding hydrogens is 898 g/mol. The smallest absolute Gasteiger partial charge is 0.462 e. The minimum atomic E-state index is -5.38. The van der Waals surface area contributed by atoms with Gasteiger partial charge in [0.2, 0.25) is 0 Å². The summed E-state index contributed by atoms with van der Waals surface area (Å²) in [7, 11) is -10.7. The normalized spacial score (nSPS) is 22.5. The third-order valence-corrected chi connectivity index (χ3v) is 12.1. The highest BCUT2D eigenvalue weighted by molar-refractivity contribution is 7.47. The summed E-state index contributed by atoms with van der Waals surface area (Å²) in [5.41, 5.74) is 0. The molecule has 1 fully saturated rings. The Morgan fingerprint density at radius 3 is 1.64 bits per heavy atom. The molecule has 1 aliphatic rings. The van der Waals surface area contributed by atoms with Gasteiger partial charge in [0, 0.05) is 12.8 Å². The molecule has 0 spiro atoms. The second-order valence-corrected chi connectivity index (χ2v) is 19.2. The number of aliphatic hydroxyl groups is 5. The number of aliphatic hydroxyl groups excluding tert-OH is 5. The maximum absolute atomic E-state index is 13.0. The molecule has 8 N–H and O–H groups in total. The van der Waals surface area contributed by atoms with Crippen molar-refractivity contribution in [1.29, 1.82) is 0 Å². The SMILES string of the molecule is CC/C=C\CCCCCCCCCCCCCC(=O)O[C@H](COC(=O)CCC/C=C\C/C=C\C/C=C\C/C=C\[C@@H](O)CCCC)COP(=O)(O)O[C@H]1C(O)C(O)C(O)[C@@H](OP(=O)(O)O)C1O. The molecule has 0 amide bonds. The number of hydrogen-bond acceptors (Lipinski definition) is 14. The van der Waals surface area contributed by atoms with E-state index in [4.69, 9.17) is 18.5 Å². The van der Waals surface area contributed by atoms with E-state index in [-0.39, 0.29) is 18.9 Å². The molecular formula is C47H82O17P2. The molecule has 19 heteroatoms. The third-order valence-electron chi connectivity index (χ3n) is 10.6. The molecule has 0 aromatic carbocycles. The highest BCUT2D eigenvalue weighted by Gasteiger charge is 2.54. The average molecular weight is 981 g/mol. The fourth-order valence-corrected chi connectivity index (χ4v) is 8.46. The van der Waals surface area contributed by atoms with Crippen LogP contribution >= 0.6 is 15.6 Å². The summed E-state index contributed by atoms with van der Waals surface area (Å²) in [6.07, 6.45) is 25.2. The van der Waals surface area contributed by atoms with E-state index in [2.05, 4.69) is 36.6 Å². The Balaban J connectivity index is 2.63. The van der Waals surface area contributed by atoms with Gasteiger partial charge in [-0.05, 0) is 64.2 Å². The molecule has 382 valence electrons. The van der Waals surface area contributed by atoms with Gasteiger partial charge >= 0.3 is 27.6 Å². The quantitative estimate of drug-likeness (QED) is 0.0125. The Morgan fingerprint density at radius 1 is 0.561 bits per heavy atom. The Bertz CT molecular complexity index is 1530. The van der Waals surface area contributed by atoms with Crippen molar-refractivity contribution in [2.45, 2.75) is 210 Å². The lowest BCUT2D eigenvalue weighted by atomic mass is 9.85. The van der Waals surface area contributed by atoms with Crippen molar-refractivity contribution in [2.24, 2.45) is 0 Å². The van der Waals surface area contributed by atoms with Gasteiger partial charge in [-0.2, -0.15) is 0 Å². The van der Waals surface area contributed by atoms with Crippen molar-refractivity contribution in [3.05, 3.63) is 60.8 Å². The summed E-state index contributed by atoms with van der Waals surface area (Å²) in [6, 6.07) is 0. The molecule has 1 rings (SSSR count). The van der Waals surface area contributed by atoms with Gasteiger partial charge in [-0.3, -0.25) is 23.2 Å². The first kappa shape index (κ1) is 61.7. The lowest BCUT2D eigenvalue weighted by Gasteiger charge is -2.43. The second kappa shape index (κ2) is 37.5. The maximum atomic E-state index is 13.0. The fourth-order valence-electron chi connectivity index (χ4n) is 6.92. The topological polar surface area (TPSA) is 276 Å². The van der Waals surface area contributed by atoms with Crippen molar-refractivity contribution in [1.82, 2.24) is 0 Å². The first-order chi connectivity index (χ1) is 31.5. The number of allylic oxidation sites excluding steroid dienone is 9. The van der Waals surface area contributed by atoms with Gasteiger partial charge in [0.25, 0.3) is 0 Å². The van der Waals surface area contributed by atoms with Gasteiger partial charge in [0.1, 0.15) is 43.2 Å². The number of carbonyl (C=O) groups is 2. The Morgan fingerprint density at radius 2 is 1.06 bits per heavy atom. The number of unbranched alkanes of at least 4 members (excludes halogenated alkanes) is 13. The van der Waals surface area contributed by atoms with Crippen LogP contribution in [0.15, 0.2) is 60.8 Å². The van der Waals surface area contributed by atoms with E-state index in [1.807, 2.05) is 42.5 Å². The van der Waals surface area contributed by atoms with Gasteiger partial charge in [-0.25, -0.2) is 9.13 Å². The van der Waals surface area contributed by atoms with Crippen LogP contribution in [0, 0.1) is 0 Å². The molecule has 0 aliphatic heterocycles. The van der Waals surface area contributed by atoms with Crippen LogP contribution in [0.2, 0.25) is 0 Å². The van der Waals surface area contributed by atoms with E-state index in [1.165, 1.54) is 38.5 Å². The lowest BCUT2D eigenvalue weighted by Crippen LogP contribution is -2.64. The zero-order chi connectivity index (χ0) is 49.1. The molecule has 0 radical (unpaired) electrons. The maximum Gasteiger partial charge on any atom is 0.472 e. The summed E-state index contributed by atoms with van der Waals surface area (Å²) in [5, 5.41) is 51.1. The van der Waals surface area contributed by atoms with Crippen LogP contribution in [0.3, 0.4) is 0 Å². The van der Waals surface area contributed by atoms with Crippen molar-refractivity contribution in [3.63, 3.8) is 0 Å². The number of hydrogen-bond donors (Lipinski definition) is 8. The Hall–Kier alpha value is -2.34. The van der Waals surface area contributed by atoms with Gasteiger partial charge in [0.05, 0.1) is 12.7 Å². The monoisotopic (exact) mass is 981 g/mol. The van der Waals surface area contributed by atoms with Gasteiger partial charge in [-0.15, -0.1) is 0 Å². The van der Waals surface area contributed by atoms with Crippen molar-refractivity contribution in [3.8, 4) is 0 Å². The molecule has 0 aromatic heterocycles. The van der Waals surface area contributed by atoms with Crippen LogP contribution in [0.4, 0.5) is 0 Å². The van der Waals surface area contributed by atoms with Crippen LogP contribution in [0.1, 0.15) is 162 Å². The summed E-state index contributed by atoms with van der Waals surface area (Å²) in [5.74, 6) is -1.30. The number of esters is 2. The summed E-state index contributed by atoms with van der Waals surface area (Å²) in [6.45, 7) is 2.82. The molecule has 9 atom stereocenters. The second-order valence-electron chi connectivity index (χ2n) is 16.6. The largest absolute Gasteiger partial charge is 0.472 e. The molecule has 5 unspecified atom stereocenters. The minimum Gasteiger partial charge on any atom is -0.462 e. The number of phosphoric ester groups is 2. The predicted octanol–water partition coefficient (Wildman–Crippen LogP) is 8.03. The standard InChI is InChI=1S/C47H82O17P2/c1-3-5-7-8-9-10-11-12-13-14-19-22-25-28-31-35-41(50)62-39(37-61-66(58,59)64-47-44(53)42(51)43(52)46(45(47)54)63-65(55,56)57)36-60-40(49)34-30-27-24-21-18-16-15-17-20-23-26-29-33-38(48)32-6-4-2/h5,7,15-16,20-21,23-24,29,33,38-39,42-48,51-54H,3-4,6,8-14,17-19,22,25-28,30-32,34-37H2,1-2H3,(H,58,59)(H2,55,56,57)/b7-5-,16-15-,23-20-,24-21-,33-29-/t38-,39+,42?,43?,44?,45?,46+,47-/m0/s1. The number of carbonyl (C=O) groups excluding carboxylic acids is 2. The van der Waals surface area contributed by atoms with Crippen LogP contribution in [-0.2, 0) is 41.8 Å². The first-order valence-corrected chi connectivity index (χ1v) is 27.0. The van der Waals surface area contributed by atoms with E-state index >= 15 is 0 Å². The molecule has 1 saturated carbocycles. The zero-order valence-electron chi connectivity index (χ0n) is 39.2. The first-order valence-electron chi connectivity index (χ1n) is 23.9. The van der Waals surface area contributed by atoms with Crippen molar-refractivity contribution >= 4 is 27.6 Å². The fraction of sp³-hybridized carbons (Fsp3) is 0.745. The van der Waals surface area contributed by atoms with Crippen molar-refractivity contribution < 1.29 is 82.0 Å². The Kier molecular flexibility index (Phi) is 35.1. The number of rotatable bonds is 39. The van der Waals surface area contributed by atoms with E-state index in [0.29, 0.717) is 25.7 Å². The van der Waals surface area contributed by atoms with E-state index < -0.39 is 83.5 Å². The third kappa shape index (κ3) is 31.7. The summed E-state index contributed by atoms with van der Waals surface area (Å²) < 4.78 is 49.3. The molecule has 1 aliphatic carbocycles. The average Bonchev–Trinajstić information content (AvgIpc) is 3.27. The number of phosphoric acid groups is 2. The number of ether oxygens (including phenoxy) is 2. The molecule has 0 saturated heterocycles. The van der Waals surface area contributed by atoms with Crippen LogP contribution in [0.5, 0.6) is 0 Å². The van der Waals surface area contributed by atoms with Crippen molar-refractivity contribution in [2.75, 3.05) is 13.2 Å². The summed E-state index contributed by atoms with van der Waals surface area (Å²) >= 11 is 0. The molecule has 0 aromatic rings. The van der Waals surface area contributed by atoms with Crippen LogP contribution < -0.4 is 0 Å². The molecule has 0 heterocycles. The highest BCUT2D eigenvalue weighted by atomic mass is 31.2. The molecule has 0 bridgehead atoms.